The van der Waals surface area contributed by atoms with Crippen molar-refractivity contribution in [3.05, 3.63) is 29.8 Å². The van der Waals surface area contributed by atoms with E-state index in [1.54, 1.807) is 0 Å². The van der Waals surface area contributed by atoms with Crippen LogP contribution in [0, 0.1) is 0 Å². The monoisotopic (exact) mass is 293 g/mol. The van der Waals surface area contributed by atoms with Gasteiger partial charge >= 0.3 is 0 Å². The van der Waals surface area contributed by atoms with Crippen molar-refractivity contribution in [1.29, 1.82) is 0 Å². The van der Waals surface area contributed by atoms with Crippen LogP contribution in [0.5, 0.6) is 5.75 Å². The average Bonchev–Trinajstić information content (AvgIpc) is 2.97. The minimum absolute atomic E-state index is 0.194. The quantitative estimate of drug-likeness (QED) is 0.800. The highest BCUT2D eigenvalue weighted by atomic mass is 16.5. The van der Waals surface area contributed by atoms with Crippen molar-refractivity contribution in [2.45, 2.75) is 44.9 Å². The lowest BCUT2D eigenvalue weighted by Gasteiger charge is -2.19. The first kappa shape index (κ1) is 16.3. The van der Waals surface area contributed by atoms with E-state index in [1.165, 1.54) is 5.56 Å². The third-order valence-corrected chi connectivity index (χ3v) is 3.61. The highest BCUT2D eigenvalue weighted by Gasteiger charge is 2.17. The molecule has 1 aliphatic rings. The summed E-state index contributed by atoms with van der Waals surface area (Å²) in [5.74, 6) is 0.906. The van der Waals surface area contributed by atoms with E-state index in [4.69, 9.17) is 14.2 Å². The van der Waals surface area contributed by atoms with Crippen molar-refractivity contribution in [3.8, 4) is 5.75 Å². The maximum absolute atomic E-state index is 5.80. The van der Waals surface area contributed by atoms with Gasteiger partial charge in [-0.25, -0.2) is 0 Å². The van der Waals surface area contributed by atoms with Gasteiger partial charge in [0.15, 0.2) is 0 Å². The fraction of sp³-hybridized carbons (Fsp3) is 0.647. The summed E-state index contributed by atoms with van der Waals surface area (Å²) in [4.78, 5) is 0. The van der Waals surface area contributed by atoms with Crippen LogP contribution in [0.25, 0.3) is 0 Å². The molecule has 4 heteroatoms. The molecule has 2 unspecified atom stereocenters. The van der Waals surface area contributed by atoms with Gasteiger partial charge in [-0.15, -0.1) is 0 Å². The van der Waals surface area contributed by atoms with E-state index < -0.39 is 0 Å². The van der Waals surface area contributed by atoms with Gasteiger partial charge in [0, 0.05) is 6.61 Å². The maximum atomic E-state index is 5.80. The van der Waals surface area contributed by atoms with Gasteiger partial charge in [-0.05, 0) is 51.4 Å². The third kappa shape index (κ3) is 5.30. The van der Waals surface area contributed by atoms with Crippen LogP contribution in [0.2, 0.25) is 0 Å². The largest absolute Gasteiger partial charge is 0.491 e. The summed E-state index contributed by atoms with van der Waals surface area (Å²) in [6, 6.07) is 8.40. The molecule has 0 spiro atoms. The second-order valence-electron chi connectivity index (χ2n) is 5.75. The molecule has 0 aromatic heterocycles. The number of rotatable bonds is 8. The van der Waals surface area contributed by atoms with Crippen molar-refractivity contribution in [2.75, 3.05) is 26.9 Å². The van der Waals surface area contributed by atoms with Crippen LogP contribution in [0.3, 0.4) is 0 Å². The van der Waals surface area contributed by atoms with Gasteiger partial charge in [0.2, 0.25) is 0 Å². The van der Waals surface area contributed by atoms with E-state index in [-0.39, 0.29) is 18.2 Å². The molecule has 0 amide bonds. The topological polar surface area (TPSA) is 39.7 Å². The molecule has 0 saturated carbocycles. The Kier molecular flexibility index (Phi) is 6.49. The Balaban J connectivity index is 1.81. The smallest absolute Gasteiger partial charge is 0.119 e. The molecule has 1 fully saturated rings. The normalized spacial score (nSPS) is 19.9. The Bertz CT molecular complexity index is 399. The summed E-state index contributed by atoms with van der Waals surface area (Å²) in [6.07, 6.45) is 2.75. The van der Waals surface area contributed by atoms with Gasteiger partial charge < -0.3 is 19.5 Å². The SMILES string of the molecule is CNC(COCC1CCCO1)c1ccc(OC(C)C)cc1. The highest BCUT2D eigenvalue weighted by molar-refractivity contribution is 5.29. The third-order valence-electron chi connectivity index (χ3n) is 3.61. The first-order valence-electron chi connectivity index (χ1n) is 7.82. The fourth-order valence-corrected chi connectivity index (χ4v) is 2.49. The standard InChI is InChI=1S/C17H27NO3/c1-13(2)21-15-8-6-14(7-9-15)17(18-3)12-19-11-16-5-4-10-20-16/h6-9,13,16-18H,4-5,10-12H2,1-3H3. The summed E-state index contributed by atoms with van der Waals surface area (Å²) in [7, 11) is 1.96. The van der Waals surface area contributed by atoms with Gasteiger partial charge in [-0.2, -0.15) is 0 Å². The lowest BCUT2D eigenvalue weighted by Crippen LogP contribution is -2.24. The number of hydrogen-bond acceptors (Lipinski definition) is 4. The number of nitrogens with one attached hydrogen (secondary N) is 1. The minimum atomic E-state index is 0.194. The van der Waals surface area contributed by atoms with Gasteiger partial charge in [0.05, 0.1) is 31.5 Å². The zero-order chi connectivity index (χ0) is 15.1. The van der Waals surface area contributed by atoms with E-state index in [9.17, 15) is 0 Å². The van der Waals surface area contributed by atoms with Crippen LogP contribution in [0.15, 0.2) is 24.3 Å². The Morgan fingerprint density at radius 2 is 2.05 bits per heavy atom. The zero-order valence-corrected chi connectivity index (χ0v) is 13.3. The molecule has 21 heavy (non-hydrogen) atoms. The Morgan fingerprint density at radius 3 is 2.62 bits per heavy atom. The van der Waals surface area contributed by atoms with E-state index in [1.807, 2.05) is 33.0 Å². The van der Waals surface area contributed by atoms with Crippen LogP contribution in [-0.4, -0.2) is 39.1 Å². The van der Waals surface area contributed by atoms with Gasteiger partial charge in [0.1, 0.15) is 5.75 Å². The molecule has 1 aliphatic heterocycles. The summed E-state index contributed by atoms with van der Waals surface area (Å²) >= 11 is 0. The molecule has 0 aliphatic carbocycles. The van der Waals surface area contributed by atoms with Crippen LogP contribution in [0.4, 0.5) is 0 Å². The number of hydrogen-bond donors (Lipinski definition) is 1. The molecule has 0 bridgehead atoms. The summed E-state index contributed by atoms with van der Waals surface area (Å²) < 4.78 is 17.0. The Hall–Kier alpha value is -1.10. The molecule has 1 aromatic carbocycles. The van der Waals surface area contributed by atoms with E-state index >= 15 is 0 Å². The average molecular weight is 293 g/mol. The molecule has 1 aromatic rings. The molecule has 1 saturated heterocycles. The van der Waals surface area contributed by atoms with Crippen molar-refractivity contribution < 1.29 is 14.2 Å². The molecule has 118 valence electrons. The van der Waals surface area contributed by atoms with E-state index in [0.717, 1.165) is 25.2 Å². The molecule has 0 radical (unpaired) electrons. The minimum Gasteiger partial charge on any atom is -0.491 e. The number of ether oxygens (including phenoxy) is 3. The van der Waals surface area contributed by atoms with Crippen LogP contribution < -0.4 is 10.1 Å². The second-order valence-corrected chi connectivity index (χ2v) is 5.75. The number of likely N-dealkylation sites (N-methyl/N-ethyl adjacent to an activating group) is 1. The molecule has 4 nitrogen and oxygen atoms in total. The van der Waals surface area contributed by atoms with Crippen molar-refractivity contribution >= 4 is 0 Å². The van der Waals surface area contributed by atoms with Crippen molar-refractivity contribution in [3.63, 3.8) is 0 Å². The molecular weight excluding hydrogens is 266 g/mol. The molecular formula is C17H27NO3. The molecule has 1 heterocycles. The lowest BCUT2D eigenvalue weighted by molar-refractivity contribution is 0.0105. The predicted molar refractivity (Wildman–Crippen MR) is 83.8 cm³/mol. The summed E-state index contributed by atoms with van der Waals surface area (Å²) in [5, 5.41) is 3.30. The maximum Gasteiger partial charge on any atom is 0.119 e. The lowest BCUT2D eigenvalue weighted by atomic mass is 10.1. The predicted octanol–water partition coefficient (Wildman–Crippen LogP) is 2.93. The first-order chi connectivity index (χ1) is 10.2. The summed E-state index contributed by atoms with van der Waals surface area (Å²) in [5.41, 5.74) is 1.21. The van der Waals surface area contributed by atoms with Gasteiger partial charge in [-0.3, -0.25) is 0 Å². The van der Waals surface area contributed by atoms with Gasteiger partial charge in [-0.1, -0.05) is 12.1 Å². The molecule has 1 N–H and O–H groups in total. The highest BCUT2D eigenvalue weighted by Crippen LogP contribution is 2.19. The van der Waals surface area contributed by atoms with Crippen molar-refractivity contribution in [2.24, 2.45) is 0 Å². The van der Waals surface area contributed by atoms with E-state index in [0.29, 0.717) is 13.2 Å². The van der Waals surface area contributed by atoms with Crippen LogP contribution >= 0.6 is 0 Å². The Labute approximate surface area is 127 Å². The molecule has 2 atom stereocenters. The number of benzene rings is 1. The zero-order valence-electron chi connectivity index (χ0n) is 13.3. The van der Waals surface area contributed by atoms with Crippen molar-refractivity contribution in [1.82, 2.24) is 5.32 Å². The van der Waals surface area contributed by atoms with Gasteiger partial charge in [0.25, 0.3) is 0 Å². The first-order valence-corrected chi connectivity index (χ1v) is 7.82. The fourth-order valence-electron chi connectivity index (χ4n) is 2.49. The van der Waals surface area contributed by atoms with E-state index in [2.05, 4.69) is 17.4 Å². The Morgan fingerprint density at radius 1 is 1.29 bits per heavy atom. The molecule has 2 rings (SSSR count). The summed E-state index contributed by atoms with van der Waals surface area (Å²) in [6.45, 7) is 6.28. The second kappa shape index (κ2) is 8.37. The van der Waals surface area contributed by atoms with Crippen LogP contribution in [0.1, 0.15) is 38.3 Å². The van der Waals surface area contributed by atoms with Crippen LogP contribution in [-0.2, 0) is 9.47 Å².